The number of carbonyl (C=O) groups is 1. The molecule has 20 heavy (non-hydrogen) atoms. The Labute approximate surface area is 118 Å². The van der Waals surface area contributed by atoms with Gasteiger partial charge in [0.25, 0.3) is 5.91 Å². The molecule has 1 aromatic heterocycles. The van der Waals surface area contributed by atoms with E-state index in [9.17, 15) is 9.18 Å². The molecule has 2 N–H and O–H groups in total. The Hall–Kier alpha value is -2.40. The Morgan fingerprint density at radius 3 is 2.95 bits per heavy atom. The highest BCUT2D eigenvalue weighted by molar-refractivity contribution is 6.31. The van der Waals surface area contributed by atoms with Gasteiger partial charge in [0.15, 0.2) is 0 Å². The molecule has 0 aliphatic rings. The maximum atomic E-state index is 13.6. The van der Waals surface area contributed by atoms with E-state index in [1.165, 1.54) is 18.2 Å². The van der Waals surface area contributed by atoms with Crippen molar-refractivity contribution in [3.63, 3.8) is 0 Å². The number of rotatable bonds is 2. The molecule has 0 unspecified atom stereocenters. The van der Waals surface area contributed by atoms with Gasteiger partial charge in [-0.3, -0.25) is 4.79 Å². The van der Waals surface area contributed by atoms with Gasteiger partial charge < -0.3 is 10.3 Å². The largest absolute Gasteiger partial charge is 0.345 e. The molecule has 100 valence electrons. The number of aromatic nitrogens is 2. The van der Waals surface area contributed by atoms with Crippen LogP contribution in [0.3, 0.4) is 0 Å². The molecule has 3 rings (SSSR count). The predicted molar refractivity (Wildman–Crippen MR) is 75.5 cm³/mol. The third-order valence-electron chi connectivity index (χ3n) is 2.86. The Morgan fingerprint density at radius 1 is 1.25 bits per heavy atom. The monoisotopic (exact) mass is 289 g/mol. The van der Waals surface area contributed by atoms with Crippen LogP contribution in [0.1, 0.15) is 10.4 Å². The molecule has 0 bridgehead atoms. The summed E-state index contributed by atoms with van der Waals surface area (Å²) in [6.07, 6.45) is 1.54. The lowest BCUT2D eigenvalue weighted by Crippen LogP contribution is -2.12. The van der Waals surface area contributed by atoms with Gasteiger partial charge in [-0.25, -0.2) is 9.37 Å². The van der Waals surface area contributed by atoms with Crippen molar-refractivity contribution in [2.75, 3.05) is 5.32 Å². The maximum absolute atomic E-state index is 13.6. The predicted octanol–water partition coefficient (Wildman–Crippen LogP) is 3.61. The third-order valence-corrected chi connectivity index (χ3v) is 3.09. The zero-order chi connectivity index (χ0) is 14.1. The molecule has 0 fully saturated rings. The number of benzene rings is 2. The van der Waals surface area contributed by atoms with Gasteiger partial charge in [-0.2, -0.15) is 0 Å². The second-order valence-corrected chi connectivity index (χ2v) is 4.65. The fourth-order valence-electron chi connectivity index (χ4n) is 1.86. The Balaban J connectivity index is 1.90. The first-order valence-corrected chi connectivity index (χ1v) is 6.21. The van der Waals surface area contributed by atoms with Crippen LogP contribution in [-0.4, -0.2) is 15.9 Å². The van der Waals surface area contributed by atoms with Crippen LogP contribution in [0.15, 0.2) is 42.7 Å². The number of amides is 1. The lowest BCUT2D eigenvalue weighted by atomic mass is 10.2. The second kappa shape index (κ2) is 4.94. The van der Waals surface area contributed by atoms with Crippen molar-refractivity contribution in [1.29, 1.82) is 0 Å². The van der Waals surface area contributed by atoms with E-state index in [0.717, 1.165) is 11.0 Å². The first-order valence-electron chi connectivity index (χ1n) is 5.83. The van der Waals surface area contributed by atoms with Crippen LogP contribution >= 0.6 is 11.6 Å². The number of nitrogens with one attached hydrogen (secondary N) is 2. The minimum absolute atomic E-state index is 0.0483. The fraction of sp³-hybridized carbons (Fsp3) is 0. The Bertz CT molecular complexity index is 800. The molecule has 1 heterocycles. The molecule has 0 aliphatic heterocycles. The van der Waals surface area contributed by atoms with Crippen molar-refractivity contribution in [1.82, 2.24) is 9.97 Å². The van der Waals surface area contributed by atoms with Gasteiger partial charge in [0.2, 0.25) is 0 Å². The van der Waals surface area contributed by atoms with Crippen molar-refractivity contribution in [3.8, 4) is 0 Å². The zero-order valence-corrected chi connectivity index (χ0v) is 10.9. The normalized spacial score (nSPS) is 10.7. The highest BCUT2D eigenvalue weighted by Crippen LogP contribution is 2.20. The number of carbonyl (C=O) groups excluding carboxylic acids is 1. The van der Waals surface area contributed by atoms with Crippen molar-refractivity contribution in [2.45, 2.75) is 0 Å². The molecule has 3 aromatic rings. The molecule has 1 amide bonds. The van der Waals surface area contributed by atoms with Gasteiger partial charge in [0.1, 0.15) is 5.82 Å². The number of fused-ring (bicyclic) bond motifs is 1. The van der Waals surface area contributed by atoms with E-state index in [0.29, 0.717) is 10.6 Å². The smallest absolute Gasteiger partial charge is 0.255 e. The number of anilines is 1. The maximum Gasteiger partial charge on any atom is 0.255 e. The van der Waals surface area contributed by atoms with E-state index in [2.05, 4.69) is 15.3 Å². The van der Waals surface area contributed by atoms with Crippen molar-refractivity contribution < 1.29 is 9.18 Å². The quantitative estimate of drug-likeness (QED) is 0.757. The van der Waals surface area contributed by atoms with Crippen LogP contribution in [0, 0.1) is 5.82 Å². The van der Waals surface area contributed by atoms with Gasteiger partial charge in [0, 0.05) is 10.6 Å². The molecule has 2 aromatic carbocycles. The lowest BCUT2D eigenvalue weighted by molar-refractivity contribution is 0.102. The van der Waals surface area contributed by atoms with Gasteiger partial charge >= 0.3 is 0 Å². The van der Waals surface area contributed by atoms with Crippen LogP contribution in [-0.2, 0) is 0 Å². The Kier molecular flexibility index (Phi) is 3.12. The number of aromatic amines is 1. The van der Waals surface area contributed by atoms with Crippen molar-refractivity contribution in [3.05, 3.63) is 59.1 Å². The van der Waals surface area contributed by atoms with Crippen LogP contribution < -0.4 is 5.32 Å². The minimum atomic E-state index is -0.537. The van der Waals surface area contributed by atoms with Gasteiger partial charge in [-0.15, -0.1) is 0 Å². The van der Waals surface area contributed by atoms with Crippen LogP contribution in [0.5, 0.6) is 0 Å². The average Bonchev–Trinajstić information content (AvgIpc) is 2.90. The SMILES string of the molecule is O=C(Nc1cc(Cl)ccc1F)c1ccc2nc[nH]c2c1. The summed E-state index contributed by atoms with van der Waals surface area (Å²) >= 11 is 5.78. The highest BCUT2D eigenvalue weighted by atomic mass is 35.5. The van der Waals surface area contributed by atoms with E-state index in [4.69, 9.17) is 11.6 Å². The number of H-pyrrole nitrogens is 1. The third kappa shape index (κ3) is 2.35. The second-order valence-electron chi connectivity index (χ2n) is 4.21. The van der Waals surface area contributed by atoms with Gasteiger partial charge in [0.05, 0.1) is 23.0 Å². The number of halogens is 2. The van der Waals surface area contributed by atoms with Gasteiger partial charge in [-0.1, -0.05) is 11.6 Å². The van der Waals surface area contributed by atoms with E-state index in [-0.39, 0.29) is 5.69 Å². The molecule has 6 heteroatoms. The standard InChI is InChI=1S/C14H9ClFN3O/c15-9-2-3-10(16)12(6-9)19-14(20)8-1-4-11-13(5-8)18-7-17-11/h1-7H,(H,17,18)(H,19,20). The average molecular weight is 290 g/mol. The first-order chi connectivity index (χ1) is 9.63. The molecule has 0 radical (unpaired) electrons. The van der Waals surface area contributed by atoms with Crippen LogP contribution in [0.4, 0.5) is 10.1 Å². The van der Waals surface area contributed by atoms with Crippen LogP contribution in [0.2, 0.25) is 5.02 Å². The minimum Gasteiger partial charge on any atom is -0.345 e. The van der Waals surface area contributed by atoms with Crippen molar-refractivity contribution >= 4 is 34.2 Å². The molecule has 0 aliphatic carbocycles. The fourth-order valence-corrected chi connectivity index (χ4v) is 2.04. The van der Waals surface area contributed by atoms with E-state index < -0.39 is 11.7 Å². The summed E-state index contributed by atoms with van der Waals surface area (Å²) in [5.74, 6) is -0.951. The molecule has 0 atom stereocenters. The number of nitrogens with zero attached hydrogens (tertiary/aromatic N) is 1. The zero-order valence-electron chi connectivity index (χ0n) is 10.2. The summed E-state index contributed by atoms with van der Waals surface area (Å²) in [4.78, 5) is 19.1. The number of hydrogen-bond donors (Lipinski definition) is 2. The summed E-state index contributed by atoms with van der Waals surface area (Å²) in [5.41, 5.74) is 1.95. The summed E-state index contributed by atoms with van der Waals surface area (Å²) < 4.78 is 13.6. The summed E-state index contributed by atoms with van der Waals surface area (Å²) in [6, 6.07) is 8.99. The topological polar surface area (TPSA) is 57.8 Å². The summed E-state index contributed by atoms with van der Waals surface area (Å²) in [6.45, 7) is 0. The molecular formula is C14H9ClFN3O. The molecule has 4 nitrogen and oxygen atoms in total. The number of imidazole rings is 1. The summed E-state index contributed by atoms with van der Waals surface area (Å²) in [7, 11) is 0. The molecular weight excluding hydrogens is 281 g/mol. The first kappa shape index (κ1) is 12.6. The van der Waals surface area contributed by atoms with Crippen molar-refractivity contribution in [2.24, 2.45) is 0 Å². The molecule has 0 saturated carbocycles. The lowest BCUT2D eigenvalue weighted by Gasteiger charge is -2.07. The highest BCUT2D eigenvalue weighted by Gasteiger charge is 2.11. The Morgan fingerprint density at radius 2 is 2.10 bits per heavy atom. The van der Waals surface area contributed by atoms with E-state index in [1.54, 1.807) is 24.5 Å². The van der Waals surface area contributed by atoms with E-state index >= 15 is 0 Å². The van der Waals surface area contributed by atoms with Crippen LogP contribution in [0.25, 0.3) is 11.0 Å². The summed E-state index contributed by atoms with van der Waals surface area (Å²) in [5, 5.41) is 2.84. The molecule has 0 spiro atoms. The van der Waals surface area contributed by atoms with E-state index in [1.807, 2.05) is 0 Å². The van der Waals surface area contributed by atoms with Gasteiger partial charge in [-0.05, 0) is 36.4 Å². The molecule has 0 saturated heterocycles. The number of hydrogen-bond acceptors (Lipinski definition) is 2.